The van der Waals surface area contributed by atoms with Crippen molar-refractivity contribution in [2.75, 3.05) is 11.9 Å². The van der Waals surface area contributed by atoms with Gasteiger partial charge in [0.25, 0.3) is 0 Å². The van der Waals surface area contributed by atoms with Crippen LogP contribution in [0.5, 0.6) is 0 Å². The Balaban J connectivity index is 2.14. The average molecular weight is 392 g/mol. The fourth-order valence-electron chi connectivity index (χ4n) is 3.16. The molecule has 1 aromatic heterocycles. The number of pyridine rings is 1. The fourth-order valence-corrected chi connectivity index (χ4v) is 4.94. The van der Waals surface area contributed by atoms with Gasteiger partial charge in [-0.2, -0.15) is 4.31 Å². The predicted octanol–water partition coefficient (Wildman–Crippen LogP) is 2.90. The highest BCUT2D eigenvalue weighted by Crippen LogP contribution is 2.21. The summed E-state index contributed by atoms with van der Waals surface area (Å²) in [6.07, 6.45) is 2.01. The molecule has 0 aliphatic rings. The van der Waals surface area contributed by atoms with Crippen molar-refractivity contribution >= 4 is 15.8 Å². The standard InChI is InChI=1S/C20H29N3O3S/c1-15(2)23(16(3)4)27(25,26)19-10-11-20(21-13-19)22-18(14-24)12-17-8-6-5-7-9-17/h5-11,13,15-16,18,24H,12,14H2,1-4H3,(H,21,22). The number of nitrogens with one attached hydrogen (secondary N) is 1. The van der Waals surface area contributed by atoms with Gasteiger partial charge in [-0.1, -0.05) is 30.3 Å². The molecule has 2 rings (SSSR count). The van der Waals surface area contributed by atoms with Crippen LogP contribution >= 0.6 is 0 Å². The minimum atomic E-state index is -3.61. The normalized spacial score (nSPS) is 13.3. The lowest BCUT2D eigenvalue weighted by Crippen LogP contribution is -2.41. The van der Waals surface area contributed by atoms with E-state index in [0.717, 1.165) is 5.56 Å². The highest BCUT2D eigenvalue weighted by molar-refractivity contribution is 7.89. The van der Waals surface area contributed by atoms with Crippen LogP contribution in [0.1, 0.15) is 33.3 Å². The van der Waals surface area contributed by atoms with Crippen molar-refractivity contribution in [3.8, 4) is 0 Å². The second-order valence-electron chi connectivity index (χ2n) is 7.12. The van der Waals surface area contributed by atoms with Crippen LogP contribution in [0.3, 0.4) is 0 Å². The van der Waals surface area contributed by atoms with Crippen LogP contribution in [-0.4, -0.2) is 47.5 Å². The van der Waals surface area contributed by atoms with E-state index >= 15 is 0 Å². The summed E-state index contributed by atoms with van der Waals surface area (Å²) in [6.45, 7) is 7.38. The molecule has 0 aliphatic heterocycles. The van der Waals surface area contributed by atoms with E-state index in [0.29, 0.717) is 12.2 Å². The SMILES string of the molecule is CC(C)N(C(C)C)S(=O)(=O)c1ccc(NC(CO)Cc2ccccc2)nc1. The van der Waals surface area contributed by atoms with Crippen LogP contribution in [-0.2, 0) is 16.4 Å². The highest BCUT2D eigenvalue weighted by Gasteiger charge is 2.29. The summed E-state index contributed by atoms with van der Waals surface area (Å²) in [7, 11) is -3.61. The summed E-state index contributed by atoms with van der Waals surface area (Å²) in [4.78, 5) is 4.41. The van der Waals surface area contributed by atoms with E-state index in [-0.39, 0.29) is 29.6 Å². The monoisotopic (exact) mass is 391 g/mol. The summed E-state index contributed by atoms with van der Waals surface area (Å²) >= 11 is 0. The molecule has 0 fully saturated rings. The topological polar surface area (TPSA) is 82.5 Å². The first-order valence-corrected chi connectivity index (χ1v) is 10.6. The Morgan fingerprint density at radius 2 is 1.67 bits per heavy atom. The third-order valence-corrected chi connectivity index (χ3v) is 6.46. The first-order valence-electron chi connectivity index (χ1n) is 9.16. The van der Waals surface area contributed by atoms with Gasteiger partial charge < -0.3 is 10.4 Å². The third-order valence-electron chi connectivity index (χ3n) is 4.23. The lowest BCUT2D eigenvalue weighted by molar-refractivity contribution is 0.273. The summed E-state index contributed by atoms with van der Waals surface area (Å²) < 4.78 is 27.2. The second kappa shape index (κ2) is 9.30. The Morgan fingerprint density at radius 3 is 2.15 bits per heavy atom. The van der Waals surface area contributed by atoms with Crippen LogP contribution in [0.2, 0.25) is 0 Å². The average Bonchev–Trinajstić information content (AvgIpc) is 2.61. The van der Waals surface area contributed by atoms with Crippen LogP contribution in [0.4, 0.5) is 5.82 Å². The Bertz CT molecular complexity index is 798. The molecule has 2 N–H and O–H groups in total. The van der Waals surface area contributed by atoms with Gasteiger partial charge in [0.05, 0.1) is 12.6 Å². The third kappa shape index (κ3) is 5.51. The van der Waals surface area contributed by atoms with Crippen molar-refractivity contribution in [1.29, 1.82) is 0 Å². The maximum Gasteiger partial charge on any atom is 0.245 e. The maximum atomic E-state index is 12.9. The van der Waals surface area contributed by atoms with E-state index < -0.39 is 10.0 Å². The molecule has 148 valence electrons. The van der Waals surface area contributed by atoms with E-state index in [2.05, 4.69) is 10.3 Å². The Labute approximate surface area is 162 Å². The zero-order chi connectivity index (χ0) is 20.0. The summed E-state index contributed by atoms with van der Waals surface area (Å²) in [5, 5.41) is 12.8. The molecule has 1 atom stereocenters. The number of nitrogens with zero attached hydrogens (tertiary/aromatic N) is 2. The number of anilines is 1. The molecule has 0 amide bonds. The first kappa shape index (κ1) is 21.3. The molecular weight excluding hydrogens is 362 g/mol. The number of benzene rings is 1. The van der Waals surface area contributed by atoms with Crippen LogP contribution < -0.4 is 5.32 Å². The molecule has 0 bridgehead atoms. The minimum Gasteiger partial charge on any atom is -0.394 e. The van der Waals surface area contributed by atoms with E-state index in [1.165, 1.54) is 10.5 Å². The number of aromatic nitrogens is 1. The molecule has 1 heterocycles. The smallest absolute Gasteiger partial charge is 0.245 e. The lowest BCUT2D eigenvalue weighted by atomic mass is 10.1. The molecule has 7 heteroatoms. The molecule has 1 aromatic carbocycles. The van der Waals surface area contributed by atoms with Gasteiger partial charge in [0.2, 0.25) is 10.0 Å². The second-order valence-corrected chi connectivity index (χ2v) is 8.96. The van der Waals surface area contributed by atoms with Gasteiger partial charge in [-0.05, 0) is 51.8 Å². The maximum absolute atomic E-state index is 12.9. The molecule has 6 nitrogen and oxygen atoms in total. The molecule has 0 saturated carbocycles. The van der Waals surface area contributed by atoms with E-state index in [1.807, 2.05) is 58.0 Å². The molecule has 1 unspecified atom stereocenters. The largest absolute Gasteiger partial charge is 0.394 e. The lowest BCUT2D eigenvalue weighted by Gasteiger charge is -2.29. The highest BCUT2D eigenvalue weighted by atomic mass is 32.2. The number of hydrogen-bond donors (Lipinski definition) is 2. The van der Waals surface area contributed by atoms with E-state index in [9.17, 15) is 13.5 Å². The fraction of sp³-hybridized carbons (Fsp3) is 0.450. The van der Waals surface area contributed by atoms with Gasteiger partial charge in [-0.15, -0.1) is 0 Å². The molecular formula is C20H29N3O3S. The zero-order valence-corrected chi connectivity index (χ0v) is 17.1. The molecule has 27 heavy (non-hydrogen) atoms. The summed E-state index contributed by atoms with van der Waals surface area (Å²) in [5.74, 6) is 0.532. The minimum absolute atomic E-state index is 0.0505. The predicted molar refractivity (Wildman–Crippen MR) is 108 cm³/mol. The number of rotatable bonds is 9. The van der Waals surface area contributed by atoms with Gasteiger partial charge in [0, 0.05) is 18.3 Å². The Kier molecular flexibility index (Phi) is 7.35. The van der Waals surface area contributed by atoms with Crippen molar-refractivity contribution in [2.45, 2.75) is 57.1 Å². The molecule has 0 radical (unpaired) electrons. The van der Waals surface area contributed by atoms with Gasteiger partial charge in [-0.3, -0.25) is 0 Å². The number of hydrogen-bond acceptors (Lipinski definition) is 5. The van der Waals surface area contributed by atoms with Gasteiger partial charge in [0.1, 0.15) is 10.7 Å². The molecule has 0 aliphatic carbocycles. The first-order chi connectivity index (χ1) is 12.8. The number of sulfonamides is 1. The van der Waals surface area contributed by atoms with E-state index in [4.69, 9.17) is 0 Å². The van der Waals surface area contributed by atoms with Crippen molar-refractivity contribution < 1.29 is 13.5 Å². The van der Waals surface area contributed by atoms with Crippen LogP contribution in [0.15, 0.2) is 53.6 Å². The van der Waals surface area contributed by atoms with Crippen molar-refractivity contribution in [2.24, 2.45) is 0 Å². The summed E-state index contributed by atoms with van der Waals surface area (Å²) in [5.41, 5.74) is 1.10. The Hall–Kier alpha value is -1.96. The van der Waals surface area contributed by atoms with Gasteiger partial charge in [0.15, 0.2) is 0 Å². The van der Waals surface area contributed by atoms with Gasteiger partial charge >= 0.3 is 0 Å². The van der Waals surface area contributed by atoms with Gasteiger partial charge in [-0.25, -0.2) is 13.4 Å². The molecule has 0 saturated heterocycles. The molecule has 0 spiro atoms. The Morgan fingerprint density at radius 1 is 1.04 bits per heavy atom. The van der Waals surface area contributed by atoms with Crippen LogP contribution in [0.25, 0.3) is 0 Å². The van der Waals surface area contributed by atoms with Crippen molar-refractivity contribution in [3.63, 3.8) is 0 Å². The molecule has 2 aromatic rings. The van der Waals surface area contributed by atoms with Crippen molar-refractivity contribution in [3.05, 3.63) is 54.2 Å². The summed E-state index contributed by atoms with van der Waals surface area (Å²) in [6, 6.07) is 12.6. The zero-order valence-electron chi connectivity index (χ0n) is 16.3. The number of aliphatic hydroxyl groups excluding tert-OH is 1. The van der Waals surface area contributed by atoms with Crippen molar-refractivity contribution in [1.82, 2.24) is 9.29 Å². The van der Waals surface area contributed by atoms with Crippen LogP contribution in [0, 0.1) is 0 Å². The quantitative estimate of drug-likeness (QED) is 0.687. The van der Waals surface area contributed by atoms with E-state index in [1.54, 1.807) is 12.1 Å². The number of aliphatic hydroxyl groups is 1.